The summed E-state index contributed by atoms with van der Waals surface area (Å²) < 4.78 is 30.2. The number of sulfonamides is 1. The highest BCUT2D eigenvalue weighted by atomic mass is 32.2. The van der Waals surface area contributed by atoms with E-state index >= 15 is 0 Å². The van der Waals surface area contributed by atoms with Gasteiger partial charge >= 0.3 is 0 Å². The van der Waals surface area contributed by atoms with E-state index in [0.717, 1.165) is 6.26 Å². The number of ether oxygens (including phenoxy) is 1. The summed E-state index contributed by atoms with van der Waals surface area (Å²) in [6, 6.07) is 6.76. The SMILES string of the molecule is CCC(Oc1ccc(N(C)S(C)(=O)=O)cc1)C(=O)NC(C(C)C)C(C)C. The van der Waals surface area contributed by atoms with Crippen LogP contribution in [0.3, 0.4) is 0 Å². The van der Waals surface area contributed by atoms with Gasteiger partial charge in [-0.1, -0.05) is 34.6 Å². The highest BCUT2D eigenvalue weighted by Crippen LogP contribution is 2.22. The summed E-state index contributed by atoms with van der Waals surface area (Å²) in [4.78, 5) is 12.6. The van der Waals surface area contributed by atoms with Crippen molar-refractivity contribution >= 4 is 21.6 Å². The third-order valence-electron chi connectivity index (χ3n) is 4.38. The summed E-state index contributed by atoms with van der Waals surface area (Å²) in [6.07, 6.45) is 1.10. The maximum absolute atomic E-state index is 12.6. The smallest absolute Gasteiger partial charge is 0.261 e. The summed E-state index contributed by atoms with van der Waals surface area (Å²) in [5.41, 5.74) is 0.539. The average Bonchev–Trinajstić information content (AvgIpc) is 2.55. The lowest BCUT2D eigenvalue weighted by atomic mass is 9.93. The van der Waals surface area contributed by atoms with Gasteiger partial charge in [0.15, 0.2) is 6.10 Å². The zero-order valence-electron chi connectivity index (χ0n) is 16.8. The van der Waals surface area contributed by atoms with E-state index in [1.165, 1.54) is 11.4 Å². The molecule has 0 fully saturated rings. The summed E-state index contributed by atoms with van der Waals surface area (Å²) in [7, 11) is -1.82. The lowest BCUT2D eigenvalue weighted by molar-refractivity contribution is -0.129. The molecule has 26 heavy (non-hydrogen) atoms. The molecule has 0 aliphatic rings. The van der Waals surface area contributed by atoms with Crippen molar-refractivity contribution in [3.8, 4) is 5.75 Å². The minimum absolute atomic E-state index is 0.0888. The van der Waals surface area contributed by atoms with Crippen molar-refractivity contribution in [2.75, 3.05) is 17.6 Å². The normalized spacial score (nSPS) is 13.2. The van der Waals surface area contributed by atoms with Crippen LogP contribution in [0.1, 0.15) is 41.0 Å². The molecule has 0 bridgehead atoms. The molecular weight excluding hydrogens is 352 g/mol. The second-order valence-electron chi connectivity index (χ2n) is 7.26. The Morgan fingerprint density at radius 2 is 1.62 bits per heavy atom. The fourth-order valence-corrected chi connectivity index (χ4v) is 3.28. The van der Waals surface area contributed by atoms with Crippen LogP contribution in [0.4, 0.5) is 5.69 Å². The summed E-state index contributed by atoms with van der Waals surface area (Å²) in [5.74, 6) is 1.07. The van der Waals surface area contributed by atoms with Crippen LogP contribution in [0.15, 0.2) is 24.3 Å². The van der Waals surface area contributed by atoms with Crippen LogP contribution in [-0.2, 0) is 14.8 Å². The van der Waals surface area contributed by atoms with Crippen molar-refractivity contribution in [1.29, 1.82) is 0 Å². The first-order valence-electron chi connectivity index (χ1n) is 8.98. The molecular formula is C19H32N2O4S. The number of anilines is 1. The van der Waals surface area contributed by atoms with E-state index in [4.69, 9.17) is 4.74 Å². The average molecular weight is 385 g/mol. The molecule has 0 aliphatic carbocycles. The number of rotatable bonds is 9. The van der Waals surface area contributed by atoms with Gasteiger partial charge in [0.2, 0.25) is 10.0 Å². The van der Waals surface area contributed by atoms with Crippen LogP contribution in [-0.4, -0.2) is 39.8 Å². The monoisotopic (exact) mass is 384 g/mol. The van der Waals surface area contributed by atoms with E-state index in [1.54, 1.807) is 24.3 Å². The van der Waals surface area contributed by atoms with Gasteiger partial charge in [0.25, 0.3) is 5.91 Å². The Kier molecular flexibility index (Phi) is 7.93. The van der Waals surface area contributed by atoms with Gasteiger partial charge in [0.05, 0.1) is 11.9 Å². The van der Waals surface area contributed by atoms with E-state index in [2.05, 4.69) is 33.0 Å². The zero-order chi connectivity index (χ0) is 20.1. The van der Waals surface area contributed by atoms with E-state index in [9.17, 15) is 13.2 Å². The van der Waals surface area contributed by atoms with Gasteiger partial charge in [-0.3, -0.25) is 9.10 Å². The third kappa shape index (κ3) is 6.20. The minimum Gasteiger partial charge on any atom is -0.481 e. The van der Waals surface area contributed by atoms with E-state index in [1.807, 2.05) is 6.92 Å². The molecule has 0 aliphatic heterocycles. The van der Waals surface area contributed by atoms with Crippen molar-refractivity contribution in [2.45, 2.75) is 53.2 Å². The Bertz CT molecular complexity index is 676. The van der Waals surface area contributed by atoms with Crippen LogP contribution < -0.4 is 14.4 Å². The van der Waals surface area contributed by atoms with Gasteiger partial charge in [0, 0.05) is 13.1 Å². The second-order valence-corrected chi connectivity index (χ2v) is 9.28. The molecule has 0 saturated heterocycles. The van der Waals surface area contributed by atoms with Gasteiger partial charge in [-0.25, -0.2) is 8.42 Å². The topological polar surface area (TPSA) is 75.7 Å². The van der Waals surface area contributed by atoms with Gasteiger partial charge in [-0.05, 0) is 42.5 Å². The molecule has 1 atom stereocenters. The number of carbonyl (C=O) groups excluding carboxylic acids is 1. The first kappa shape index (κ1) is 22.3. The number of hydrogen-bond acceptors (Lipinski definition) is 4. The van der Waals surface area contributed by atoms with Crippen LogP contribution in [0.2, 0.25) is 0 Å². The quantitative estimate of drug-likeness (QED) is 0.710. The molecule has 1 rings (SSSR count). The molecule has 0 aromatic heterocycles. The molecule has 0 spiro atoms. The molecule has 1 aromatic rings. The fourth-order valence-electron chi connectivity index (χ4n) is 2.77. The first-order chi connectivity index (χ1) is 12.0. The van der Waals surface area contributed by atoms with E-state index in [0.29, 0.717) is 29.7 Å². The lowest BCUT2D eigenvalue weighted by Crippen LogP contribution is -2.48. The number of hydrogen-bond donors (Lipinski definition) is 1. The molecule has 1 amide bonds. The zero-order valence-corrected chi connectivity index (χ0v) is 17.6. The Labute approximate surface area is 158 Å². The molecule has 1 unspecified atom stereocenters. The van der Waals surface area contributed by atoms with Crippen LogP contribution in [0, 0.1) is 11.8 Å². The molecule has 7 heteroatoms. The molecule has 1 aromatic carbocycles. The summed E-state index contributed by atoms with van der Waals surface area (Å²) >= 11 is 0. The predicted octanol–water partition coefficient (Wildman–Crippen LogP) is 3.04. The van der Waals surface area contributed by atoms with Gasteiger partial charge in [-0.2, -0.15) is 0 Å². The maximum atomic E-state index is 12.6. The molecule has 0 heterocycles. The van der Waals surface area contributed by atoms with Gasteiger partial charge in [-0.15, -0.1) is 0 Å². The van der Waals surface area contributed by atoms with Crippen LogP contribution in [0.5, 0.6) is 5.75 Å². The molecule has 6 nitrogen and oxygen atoms in total. The molecule has 148 valence electrons. The Balaban J connectivity index is 2.83. The molecule has 0 saturated carbocycles. The van der Waals surface area contributed by atoms with Crippen LogP contribution >= 0.6 is 0 Å². The standard InChI is InChI=1S/C19H32N2O4S/c1-8-17(19(22)20-18(13(2)3)14(4)5)25-16-11-9-15(10-12-16)21(6)26(7,23)24/h9-14,17-18H,8H2,1-7H3,(H,20,22). The number of nitrogens with zero attached hydrogens (tertiary/aromatic N) is 1. The highest BCUT2D eigenvalue weighted by molar-refractivity contribution is 7.92. The number of amides is 1. The third-order valence-corrected chi connectivity index (χ3v) is 5.59. The highest BCUT2D eigenvalue weighted by Gasteiger charge is 2.25. The maximum Gasteiger partial charge on any atom is 0.261 e. The number of benzene rings is 1. The summed E-state index contributed by atoms with van der Waals surface area (Å²) in [5, 5.41) is 3.09. The number of nitrogens with one attached hydrogen (secondary N) is 1. The minimum atomic E-state index is -3.31. The Morgan fingerprint density at radius 1 is 1.12 bits per heavy atom. The van der Waals surface area contributed by atoms with Crippen molar-refractivity contribution in [3.63, 3.8) is 0 Å². The van der Waals surface area contributed by atoms with Crippen molar-refractivity contribution in [2.24, 2.45) is 11.8 Å². The Hall–Kier alpha value is -1.76. The largest absolute Gasteiger partial charge is 0.481 e. The molecule has 1 N–H and O–H groups in total. The molecule has 0 radical (unpaired) electrons. The van der Waals surface area contributed by atoms with Gasteiger partial charge < -0.3 is 10.1 Å². The second kappa shape index (κ2) is 9.26. The van der Waals surface area contributed by atoms with E-state index < -0.39 is 16.1 Å². The number of carbonyl (C=O) groups is 1. The summed E-state index contributed by atoms with van der Waals surface area (Å²) in [6.45, 7) is 10.2. The fraction of sp³-hybridized carbons (Fsp3) is 0.632. The van der Waals surface area contributed by atoms with Gasteiger partial charge in [0.1, 0.15) is 5.75 Å². The van der Waals surface area contributed by atoms with Crippen molar-refractivity contribution in [3.05, 3.63) is 24.3 Å². The Morgan fingerprint density at radius 3 is 2.00 bits per heavy atom. The van der Waals surface area contributed by atoms with Crippen LogP contribution in [0.25, 0.3) is 0 Å². The van der Waals surface area contributed by atoms with Crippen molar-refractivity contribution < 1.29 is 17.9 Å². The lowest BCUT2D eigenvalue weighted by Gasteiger charge is -2.28. The predicted molar refractivity (Wildman–Crippen MR) is 106 cm³/mol. The first-order valence-corrected chi connectivity index (χ1v) is 10.8. The van der Waals surface area contributed by atoms with Crippen molar-refractivity contribution in [1.82, 2.24) is 5.32 Å². The van der Waals surface area contributed by atoms with E-state index in [-0.39, 0.29) is 11.9 Å².